The highest BCUT2D eigenvalue weighted by atomic mass is 16.5. The van der Waals surface area contributed by atoms with Gasteiger partial charge in [-0.3, -0.25) is 9.59 Å². The molecule has 1 aliphatic carbocycles. The second-order valence-electron chi connectivity index (χ2n) is 6.18. The van der Waals surface area contributed by atoms with E-state index in [0.717, 1.165) is 18.4 Å². The molecule has 24 heavy (non-hydrogen) atoms. The molecule has 0 spiro atoms. The second kappa shape index (κ2) is 8.04. The normalized spacial score (nSPS) is 21.6. The van der Waals surface area contributed by atoms with Crippen molar-refractivity contribution in [3.63, 3.8) is 0 Å². The van der Waals surface area contributed by atoms with E-state index in [1.807, 2.05) is 19.1 Å². The minimum atomic E-state index is -0.881. The topological polar surface area (TPSA) is 84.9 Å². The van der Waals surface area contributed by atoms with E-state index in [0.29, 0.717) is 24.3 Å². The van der Waals surface area contributed by atoms with E-state index in [4.69, 9.17) is 9.47 Å². The Hall–Kier alpha value is -2.24. The van der Waals surface area contributed by atoms with Gasteiger partial charge in [-0.25, -0.2) is 0 Å². The predicted octanol–water partition coefficient (Wildman–Crippen LogP) is 2.77. The highest BCUT2D eigenvalue weighted by Crippen LogP contribution is 2.32. The molecule has 1 amide bonds. The molecular formula is C18H25NO5. The number of hydrogen-bond acceptors (Lipinski definition) is 4. The maximum atomic E-state index is 12.5. The molecule has 0 unspecified atom stereocenters. The lowest BCUT2D eigenvalue weighted by Crippen LogP contribution is -2.40. The van der Waals surface area contributed by atoms with E-state index in [1.165, 1.54) is 0 Å². The van der Waals surface area contributed by atoms with Gasteiger partial charge in [0.15, 0.2) is 11.5 Å². The Kier molecular flexibility index (Phi) is 6.06. The van der Waals surface area contributed by atoms with Crippen molar-refractivity contribution in [3.8, 4) is 11.5 Å². The molecular weight excluding hydrogens is 310 g/mol. The second-order valence-corrected chi connectivity index (χ2v) is 6.18. The molecule has 6 heteroatoms. The van der Waals surface area contributed by atoms with Gasteiger partial charge in [-0.05, 0) is 37.5 Å². The van der Waals surface area contributed by atoms with Crippen molar-refractivity contribution in [2.24, 2.45) is 11.8 Å². The first-order valence-corrected chi connectivity index (χ1v) is 8.23. The molecule has 0 bridgehead atoms. The summed E-state index contributed by atoms with van der Waals surface area (Å²) in [5.74, 6) is -0.900. The average Bonchev–Trinajstić information content (AvgIpc) is 2.60. The quantitative estimate of drug-likeness (QED) is 0.835. The van der Waals surface area contributed by atoms with Crippen LogP contribution in [0.2, 0.25) is 0 Å². The molecule has 1 aliphatic rings. The molecule has 1 aromatic rings. The van der Waals surface area contributed by atoms with Crippen LogP contribution in [-0.2, 0) is 9.59 Å². The molecule has 2 rings (SSSR count). The summed E-state index contributed by atoms with van der Waals surface area (Å²) < 4.78 is 10.5. The van der Waals surface area contributed by atoms with Crippen molar-refractivity contribution in [1.29, 1.82) is 0 Å². The third kappa shape index (κ3) is 3.99. The molecule has 1 aromatic carbocycles. The molecule has 1 saturated carbocycles. The lowest BCUT2D eigenvalue weighted by atomic mass is 9.78. The largest absolute Gasteiger partial charge is 0.493 e. The third-order valence-corrected chi connectivity index (χ3v) is 4.69. The minimum absolute atomic E-state index is 0.190. The number of carboxylic acids is 1. The van der Waals surface area contributed by atoms with Crippen molar-refractivity contribution in [1.82, 2.24) is 5.32 Å². The van der Waals surface area contributed by atoms with E-state index >= 15 is 0 Å². The Balaban J connectivity index is 2.09. The number of hydrogen-bond donors (Lipinski definition) is 2. The van der Waals surface area contributed by atoms with Crippen LogP contribution in [-0.4, -0.2) is 31.2 Å². The van der Waals surface area contributed by atoms with Gasteiger partial charge in [-0.15, -0.1) is 0 Å². The van der Waals surface area contributed by atoms with Crippen molar-refractivity contribution in [2.75, 3.05) is 14.2 Å². The maximum absolute atomic E-state index is 12.5. The van der Waals surface area contributed by atoms with Gasteiger partial charge >= 0.3 is 5.97 Å². The summed E-state index contributed by atoms with van der Waals surface area (Å²) in [6.45, 7) is 1.87. The summed E-state index contributed by atoms with van der Waals surface area (Å²) in [5, 5.41) is 12.3. The Labute approximate surface area is 142 Å². The highest BCUT2D eigenvalue weighted by Gasteiger charge is 2.36. The summed E-state index contributed by atoms with van der Waals surface area (Å²) in [4.78, 5) is 23.9. The van der Waals surface area contributed by atoms with Gasteiger partial charge in [0, 0.05) is 0 Å². The third-order valence-electron chi connectivity index (χ3n) is 4.69. The van der Waals surface area contributed by atoms with Crippen LogP contribution in [0.1, 0.15) is 44.2 Å². The van der Waals surface area contributed by atoms with Gasteiger partial charge in [0.2, 0.25) is 5.91 Å². The van der Waals surface area contributed by atoms with E-state index < -0.39 is 17.8 Å². The number of rotatable bonds is 6. The number of carboxylic acid groups (broad SMARTS) is 1. The highest BCUT2D eigenvalue weighted by molar-refractivity contribution is 5.85. The smallest absolute Gasteiger partial charge is 0.307 e. The molecule has 0 aliphatic heterocycles. The van der Waals surface area contributed by atoms with Gasteiger partial charge in [0.1, 0.15) is 0 Å². The molecule has 0 radical (unpaired) electrons. The Morgan fingerprint density at radius 1 is 1.12 bits per heavy atom. The van der Waals surface area contributed by atoms with Crippen LogP contribution in [0.25, 0.3) is 0 Å². The summed E-state index contributed by atoms with van der Waals surface area (Å²) in [7, 11) is 3.13. The van der Waals surface area contributed by atoms with Crippen LogP contribution in [0.5, 0.6) is 11.5 Å². The number of carbonyl (C=O) groups is 2. The van der Waals surface area contributed by atoms with Crippen molar-refractivity contribution in [2.45, 2.75) is 38.6 Å². The Morgan fingerprint density at radius 2 is 1.75 bits per heavy atom. The Morgan fingerprint density at radius 3 is 2.33 bits per heavy atom. The fourth-order valence-electron chi connectivity index (χ4n) is 3.27. The zero-order valence-corrected chi connectivity index (χ0v) is 14.4. The lowest BCUT2D eigenvalue weighted by molar-refractivity contribution is -0.149. The minimum Gasteiger partial charge on any atom is -0.493 e. The summed E-state index contributed by atoms with van der Waals surface area (Å²) in [6.07, 6.45) is 2.96. The molecule has 0 saturated heterocycles. The van der Waals surface area contributed by atoms with Crippen LogP contribution >= 0.6 is 0 Å². The van der Waals surface area contributed by atoms with Gasteiger partial charge in [-0.1, -0.05) is 18.9 Å². The van der Waals surface area contributed by atoms with E-state index in [1.54, 1.807) is 20.3 Å². The van der Waals surface area contributed by atoms with Gasteiger partial charge in [-0.2, -0.15) is 0 Å². The number of carbonyl (C=O) groups excluding carboxylic acids is 1. The maximum Gasteiger partial charge on any atom is 0.307 e. The fraction of sp³-hybridized carbons (Fsp3) is 0.556. The average molecular weight is 335 g/mol. The number of ether oxygens (including phenoxy) is 2. The number of nitrogens with one attached hydrogen (secondary N) is 1. The van der Waals surface area contributed by atoms with Crippen LogP contribution in [0, 0.1) is 11.8 Å². The van der Waals surface area contributed by atoms with Gasteiger partial charge in [0.05, 0.1) is 32.1 Å². The van der Waals surface area contributed by atoms with Crippen LogP contribution in [0.4, 0.5) is 0 Å². The summed E-state index contributed by atoms with van der Waals surface area (Å²) in [6, 6.07) is 5.23. The predicted molar refractivity (Wildman–Crippen MR) is 89.2 cm³/mol. The van der Waals surface area contributed by atoms with E-state index in [-0.39, 0.29) is 11.9 Å². The zero-order chi connectivity index (χ0) is 17.7. The fourth-order valence-corrected chi connectivity index (χ4v) is 3.27. The first-order valence-electron chi connectivity index (χ1n) is 8.23. The molecule has 1 fully saturated rings. The molecule has 6 nitrogen and oxygen atoms in total. The van der Waals surface area contributed by atoms with E-state index in [2.05, 4.69) is 5.32 Å². The number of aliphatic carboxylic acids is 1. The number of methoxy groups -OCH3 is 2. The first-order chi connectivity index (χ1) is 11.5. The van der Waals surface area contributed by atoms with Gasteiger partial charge < -0.3 is 19.9 Å². The Bertz CT molecular complexity index is 601. The van der Waals surface area contributed by atoms with Crippen molar-refractivity contribution < 1.29 is 24.2 Å². The molecule has 0 heterocycles. The monoisotopic (exact) mass is 335 g/mol. The zero-order valence-electron chi connectivity index (χ0n) is 14.4. The molecule has 0 aromatic heterocycles. The lowest BCUT2D eigenvalue weighted by Gasteiger charge is -2.29. The first kappa shape index (κ1) is 18.1. The molecule has 132 valence electrons. The molecule has 2 N–H and O–H groups in total. The number of benzene rings is 1. The standard InChI is InChI=1S/C18H25NO5/c1-11(12-8-9-15(23-2)16(10-12)24-3)19-17(20)13-6-4-5-7-14(13)18(21)22/h8-11,13-14H,4-7H2,1-3H3,(H,19,20)(H,21,22)/t11-,13-,14+/m1/s1. The summed E-state index contributed by atoms with van der Waals surface area (Å²) >= 11 is 0. The van der Waals surface area contributed by atoms with E-state index in [9.17, 15) is 14.7 Å². The van der Waals surface area contributed by atoms with Gasteiger partial charge in [0.25, 0.3) is 0 Å². The summed E-state index contributed by atoms with van der Waals surface area (Å²) in [5.41, 5.74) is 0.878. The van der Waals surface area contributed by atoms with Crippen molar-refractivity contribution in [3.05, 3.63) is 23.8 Å². The van der Waals surface area contributed by atoms with Crippen molar-refractivity contribution >= 4 is 11.9 Å². The van der Waals surface area contributed by atoms with Crippen LogP contribution in [0.3, 0.4) is 0 Å². The number of amides is 1. The van der Waals surface area contributed by atoms with Crippen LogP contribution in [0.15, 0.2) is 18.2 Å². The SMILES string of the molecule is COc1ccc([C@@H](C)NC(=O)[C@@H]2CCCC[C@@H]2C(=O)O)cc1OC. The molecule has 3 atom stereocenters. The van der Waals surface area contributed by atoms with Crippen LogP contribution < -0.4 is 14.8 Å².